The van der Waals surface area contributed by atoms with E-state index in [0.717, 1.165) is 0 Å². The maximum Gasteiger partial charge on any atom is 0.411 e. The van der Waals surface area contributed by atoms with E-state index >= 15 is 0 Å². The third kappa shape index (κ3) is 3.48. The van der Waals surface area contributed by atoms with Crippen molar-refractivity contribution in [3.8, 4) is 0 Å². The number of carbonyl (C=O) groups excluding carboxylic acids is 3. The van der Waals surface area contributed by atoms with Gasteiger partial charge in [0, 0.05) is 12.5 Å². The summed E-state index contributed by atoms with van der Waals surface area (Å²) in [4.78, 5) is 39.1. The number of likely N-dealkylation sites (tertiary alicyclic amines) is 1. The number of methoxy groups -OCH3 is 2. The molecule has 2 fully saturated rings. The highest BCUT2D eigenvalue weighted by atomic mass is 16.6. The van der Waals surface area contributed by atoms with Crippen LogP contribution in [0.15, 0.2) is 12.2 Å². The number of amides is 1. The summed E-state index contributed by atoms with van der Waals surface area (Å²) < 4.78 is 27.4. The molecule has 0 bridgehead atoms. The number of nitrogens with zero attached hydrogens (tertiary/aromatic N) is 1. The molecule has 0 aromatic heterocycles. The Balaban J connectivity index is 2.02. The van der Waals surface area contributed by atoms with Crippen LogP contribution in [0.1, 0.15) is 27.2 Å². The Labute approximate surface area is 163 Å². The number of esters is 2. The van der Waals surface area contributed by atoms with Crippen LogP contribution in [0.3, 0.4) is 0 Å². The summed E-state index contributed by atoms with van der Waals surface area (Å²) in [5, 5.41) is 0. The average Bonchev–Trinajstić information content (AvgIpc) is 3.09. The smallest absolute Gasteiger partial charge is 0.411 e. The molecule has 9 nitrogen and oxygen atoms in total. The first-order valence-electron chi connectivity index (χ1n) is 9.23. The van der Waals surface area contributed by atoms with Gasteiger partial charge in [-0.05, 0) is 20.8 Å². The van der Waals surface area contributed by atoms with Crippen LogP contribution >= 0.6 is 0 Å². The Morgan fingerprint density at radius 3 is 2.54 bits per heavy atom. The monoisotopic (exact) mass is 397 g/mol. The van der Waals surface area contributed by atoms with Crippen molar-refractivity contribution in [2.75, 3.05) is 27.4 Å². The fraction of sp³-hybridized carbons (Fsp3) is 0.737. The fourth-order valence-corrected chi connectivity index (χ4v) is 4.24. The minimum Gasteiger partial charge on any atom is -0.469 e. The number of fused-ring (bicyclic) bond motifs is 3. The Kier molecular flexibility index (Phi) is 5.42. The van der Waals surface area contributed by atoms with Crippen LogP contribution in [0.25, 0.3) is 0 Å². The molecule has 0 radical (unpaired) electrons. The second-order valence-electron chi connectivity index (χ2n) is 8.18. The molecule has 0 aromatic rings. The largest absolute Gasteiger partial charge is 0.469 e. The van der Waals surface area contributed by atoms with Crippen LogP contribution in [0, 0.1) is 5.92 Å². The van der Waals surface area contributed by atoms with Crippen molar-refractivity contribution in [1.82, 2.24) is 4.90 Å². The number of carbonyl (C=O) groups is 3. The van der Waals surface area contributed by atoms with Gasteiger partial charge in [-0.2, -0.15) is 0 Å². The number of hydrogen-bond acceptors (Lipinski definition) is 8. The Morgan fingerprint density at radius 1 is 1.21 bits per heavy atom. The van der Waals surface area contributed by atoms with E-state index in [9.17, 15) is 14.4 Å². The number of hydrogen-bond donors (Lipinski definition) is 0. The molecule has 1 amide bonds. The van der Waals surface area contributed by atoms with Crippen LogP contribution in [0.2, 0.25) is 0 Å². The predicted octanol–water partition coefficient (Wildman–Crippen LogP) is 1.05. The molecule has 0 saturated carbocycles. The lowest BCUT2D eigenvalue weighted by atomic mass is 9.80. The van der Waals surface area contributed by atoms with Crippen LogP contribution < -0.4 is 0 Å². The zero-order valence-corrected chi connectivity index (χ0v) is 16.8. The van der Waals surface area contributed by atoms with Crippen LogP contribution in [-0.4, -0.2) is 79.8 Å². The highest BCUT2D eigenvalue weighted by Crippen LogP contribution is 2.51. The summed E-state index contributed by atoms with van der Waals surface area (Å²) in [6.45, 7) is 5.74. The van der Waals surface area contributed by atoms with Gasteiger partial charge in [0.2, 0.25) is 0 Å². The predicted molar refractivity (Wildman–Crippen MR) is 95.4 cm³/mol. The molecule has 3 aliphatic rings. The molecule has 5 atom stereocenters. The summed E-state index contributed by atoms with van der Waals surface area (Å²) in [7, 11) is 2.49. The van der Waals surface area contributed by atoms with Gasteiger partial charge in [-0.15, -0.1) is 0 Å². The third-order valence-corrected chi connectivity index (χ3v) is 5.28. The van der Waals surface area contributed by atoms with Gasteiger partial charge < -0.3 is 23.7 Å². The van der Waals surface area contributed by atoms with Gasteiger partial charge >= 0.3 is 18.0 Å². The average molecular weight is 397 g/mol. The van der Waals surface area contributed by atoms with Gasteiger partial charge in [0.25, 0.3) is 0 Å². The molecule has 0 spiro atoms. The molecule has 9 heteroatoms. The lowest BCUT2D eigenvalue weighted by Crippen LogP contribution is -2.55. The molecule has 3 rings (SSSR count). The number of ether oxygens (including phenoxy) is 5. The summed E-state index contributed by atoms with van der Waals surface area (Å²) in [6, 6.07) is -1.15. The zero-order valence-electron chi connectivity index (χ0n) is 16.8. The van der Waals surface area contributed by atoms with Gasteiger partial charge in [0.15, 0.2) is 6.04 Å². The van der Waals surface area contributed by atoms with E-state index < -0.39 is 53.4 Å². The molecule has 0 aliphatic carbocycles. The topological polar surface area (TPSA) is 101 Å². The molecule has 3 heterocycles. The first-order valence-corrected chi connectivity index (χ1v) is 9.23. The van der Waals surface area contributed by atoms with Crippen LogP contribution in [0.4, 0.5) is 4.79 Å². The summed E-state index contributed by atoms with van der Waals surface area (Å²) in [5.74, 6) is -1.65. The van der Waals surface area contributed by atoms with Crippen molar-refractivity contribution in [2.45, 2.75) is 56.6 Å². The molecule has 0 unspecified atom stereocenters. The van der Waals surface area contributed by atoms with Crippen molar-refractivity contribution in [3.05, 3.63) is 12.2 Å². The Hall–Kier alpha value is -2.13. The van der Waals surface area contributed by atoms with E-state index in [1.54, 1.807) is 20.8 Å². The Bertz CT molecular complexity index is 684. The minimum absolute atomic E-state index is 0.140. The van der Waals surface area contributed by atoms with Crippen molar-refractivity contribution in [1.29, 1.82) is 0 Å². The van der Waals surface area contributed by atoms with E-state index in [1.165, 1.54) is 19.1 Å². The van der Waals surface area contributed by atoms with E-state index in [2.05, 4.69) is 0 Å². The molecule has 3 aliphatic heterocycles. The van der Waals surface area contributed by atoms with E-state index in [-0.39, 0.29) is 13.0 Å². The molecular weight excluding hydrogens is 370 g/mol. The van der Waals surface area contributed by atoms with Gasteiger partial charge in [-0.1, -0.05) is 12.2 Å². The maximum atomic E-state index is 12.8. The fourth-order valence-electron chi connectivity index (χ4n) is 4.24. The van der Waals surface area contributed by atoms with Gasteiger partial charge in [-0.3, -0.25) is 9.69 Å². The SMILES string of the molecule is COC(=O)C[C@]12O[C@@H]3C=CCO[C@@H]3[C@H]1CN(C(=O)OC(C)(C)C)[C@@H]2C(=O)OC. The summed E-state index contributed by atoms with van der Waals surface area (Å²) in [5.41, 5.74) is -2.07. The summed E-state index contributed by atoms with van der Waals surface area (Å²) >= 11 is 0. The standard InChI is InChI=1S/C19H27NO8/c1-18(2,3)28-17(23)20-10-11-14-12(7-6-8-26-14)27-19(11,9-13(21)24-4)15(20)16(22)25-5/h6-7,11-12,14-15H,8-10H2,1-5H3/t11-,12-,14-,15-,19+/m1/s1. The second kappa shape index (κ2) is 7.36. The van der Waals surface area contributed by atoms with Gasteiger partial charge in [0.1, 0.15) is 17.3 Å². The highest BCUT2D eigenvalue weighted by Gasteiger charge is 2.69. The minimum atomic E-state index is -1.32. The zero-order chi connectivity index (χ0) is 20.7. The van der Waals surface area contributed by atoms with Gasteiger partial charge in [-0.25, -0.2) is 9.59 Å². The van der Waals surface area contributed by atoms with Gasteiger partial charge in [0.05, 0.1) is 33.4 Å². The van der Waals surface area contributed by atoms with E-state index in [0.29, 0.717) is 6.61 Å². The molecule has 2 saturated heterocycles. The molecule has 28 heavy (non-hydrogen) atoms. The normalized spacial score (nSPS) is 33.8. The number of rotatable bonds is 3. The molecule has 0 aromatic carbocycles. The van der Waals surface area contributed by atoms with E-state index in [4.69, 9.17) is 23.7 Å². The lowest BCUT2D eigenvalue weighted by molar-refractivity contribution is -0.163. The lowest BCUT2D eigenvalue weighted by Gasteiger charge is -2.35. The molecule has 156 valence electrons. The van der Waals surface area contributed by atoms with Crippen LogP contribution in [0.5, 0.6) is 0 Å². The molecule has 0 N–H and O–H groups in total. The second-order valence-corrected chi connectivity index (χ2v) is 8.18. The third-order valence-electron chi connectivity index (χ3n) is 5.28. The van der Waals surface area contributed by atoms with Crippen molar-refractivity contribution >= 4 is 18.0 Å². The van der Waals surface area contributed by atoms with Crippen molar-refractivity contribution < 1.29 is 38.1 Å². The highest BCUT2D eigenvalue weighted by molar-refractivity contribution is 5.86. The van der Waals surface area contributed by atoms with Crippen molar-refractivity contribution in [3.63, 3.8) is 0 Å². The molecular formula is C19H27NO8. The van der Waals surface area contributed by atoms with Crippen LogP contribution in [-0.2, 0) is 33.3 Å². The van der Waals surface area contributed by atoms with E-state index in [1.807, 2.05) is 12.2 Å². The first-order chi connectivity index (χ1) is 13.1. The Morgan fingerprint density at radius 2 is 1.93 bits per heavy atom. The quantitative estimate of drug-likeness (QED) is 0.396. The van der Waals surface area contributed by atoms with Crippen molar-refractivity contribution in [2.24, 2.45) is 5.92 Å². The maximum absolute atomic E-state index is 12.8. The summed E-state index contributed by atoms with van der Waals surface area (Å²) in [6.07, 6.45) is 1.99. The first kappa shape index (κ1) is 20.6.